The first-order chi connectivity index (χ1) is 8.83. The maximum absolute atomic E-state index is 5.88. The molecule has 2 heterocycles. The molecular formula is C13H10ClN3S. The Bertz CT molecular complexity index is 569. The number of hydrazone groups is 1. The smallest absolute Gasteiger partial charge is 0.127 e. The second-order valence-corrected chi connectivity index (χ2v) is 5.37. The van der Waals surface area contributed by atoms with Crippen molar-refractivity contribution in [3.05, 3.63) is 64.9 Å². The van der Waals surface area contributed by atoms with Crippen LogP contribution in [0.25, 0.3) is 0 Å². The van der Waals surface area contributed by atoms with Crippen molar-refractivity contribution in [1.29, 1.82) is 0 Å². The lowest BCUT2D eigenvalue weighted by Crippen LogP contribution is -2.06. The van der Waals surface area contributed by atoms with Crippen molar-refractivity contribution in [2.45, 2.75) is 5.37 Å². The largest absolute Gasteiger partial charge is 0.291 e. The van der Waals surface area contributed by atoms with Crippen molar-refractivity contribution in [2.24, 2.45) is 5.10 Å². The molecule has 0 fully saturated rings. The summed E-state index contributed by atoms with van der Waals surface area (Å²) in [5.74, 6) is 0. The van der Waals surface area contributed by atoms with Crippen molar-refractivity contribution in [1.82, 2.24) is 10.4 Å². The molecule has 90 valence electrons. The van der Waals surface area contributed by atoms with Gasteiger partial charge in [0.1, 0.15) is 10.4 Å². The molecule has 0 radical (unpaired) electrons. The van der Waals surface area contributed by atoms with Crippen molar-refractivity contribution in [3.63, 3.8) is 0 Å². The highest BCUT2D eigenvalue weighted by Crippen LogP contribution is 2.34. The lowest BCUT2D eigenvalue weighted by atomic mass is 10.2. The van der Waals surface area contributed by atoms with Gasteiger partial charge < -0.3 is 0 Å². The number of halogens is 1. The molecule has 0 aliphatic carbocycles. The highest BCUT2D eigenvalue weighted by atomic mass is 35.5. The van der Waals surface area contributed by atoms with E-state index in [9.17, 15) is 0 Å². The van der Waals surface area contributed by atoms with E-state index in [-0.39, 0.29) is 5.37 Å². The average Bonchev–Trinajstić information content (AvgIpc) is 2.90. The molecule has 0 saturated carbocycles. The molecule has 1 unspecified atom stereocenters. The maximum Gasteiger partial charge on any atom is 0.127 e. The number of thioether (sulfide) groups is 1. The van der Waals surface area contributed by atoms with Gasteiger partial charge in [-0.1, -0.05) is 35.5 Å². The van der Waals surface area contributed by atoms with E-state index in [1.54, 1.807) is 18.0 Å². The summed E-state index contributed by atoms with van der Waals surface area (Å²) in [6.07, 6.45) is 3.57. The average molecular weight is 276 g/mol. The van der Waals surface area contributed by atoms with Crippen LogP contribution in [0.5, 0.6) is 0 Å². The van der Waals surface area contributed by atoms with Crippen LogP contribution in [0.15, 0.2) is 53.9 Å². The molecular weight excluding hydrogens is 266 g/mol. The summed E-state index contributed by atoms with van der Waals surface area (Å²) in [7, 11) is 0. The number of rotatable bonds is 2. The first-order valence-electron chi connectivity index (χ1n) is 5.49. The Morgan fingerprint density at radius 1 is 1.17 bits per heavy atom. The number of nitrogens with zero attached hydrogens (tertiary/aromatic N) is 2. The minimum Gasteiger partial charge on any atom is -0.291 e. The molecule has 3 rings (SSSR count). The zero-order valence-corrected chi connectivity index (χ0v) is 10.9. The number of hydrogen-bond donors (Lipinski definition) is 1. The topological polar surface area (TPSA) is 37.3 Å². The Balaban J connectivity index is 1.76. The maximum atomic E-state index is 5.88. The molecule has 1 aromatic carbocycles. The predicted octanol–water partition coefficient (Wildman–Crippen LogP) is 3.43. The van der Waals surface area contributed by atoms with E-state index in [1.807, 2.05) is 42.6 Å². The fourth-order valence-electron chi connectivity index (χ4n) is 1.68. The number of aromatic nitrogens is 1. The van der Waals surface area contributed by atoms with Crippen LogP contribution in [0, 0.1) is 0 Å². The molecule has 0 saturated heterocycles. The molecule has 5 heteroatoms. The second kappa shape index (κ2) is 5.00. The SMILES string of the molecule is Clc1ccc(C2NN=C(c3cccnc3)S2)cc1. The Labute approximate surface area is 114 Å². The van der Waals surface area contributed by atoms with Crippen molar-refractivity contribution < 1.29 is 0 Å². The zero-order valence-electron chi connectivity index (χ0n) is 9.38. The third-order valence-corrected chi connectivity index (χ3v) is 4.01. The number of pyridine rings is 1. The first-order valence-corrected chi connectivity index (χ1v) is 6.74. The molecule has 3 nitrogen and oxygen atoms in total. The van der Waals surface area contributed by atoms with Gasteiger partial charge >= 0.3 is 0 Å². The van der Waals surface area contributed by atoms with Gasteiger partial charge in [-0.25, -0.2) is 0 Å². The molecule has 1 aliphatic heterocycles. The summed E-state index contributed by atoms with van der Waals surface area (Å²) in [5, 5.41) is 6.19. The number of benzene rings is 1. The van der Waals surface area contributed by atoms with Gasteiger partial charge in [-0.2, -0.15) is 5.10 Å². The van der Waals surface area contributed by atoms with E-state index in [1.165, 1.54) is 0 Å². The van der Waals surface area contributed by atoms with Crippen molar-refractivity contribution >= 4 is 28.4 Å². The second-order valence-electron chi connectivity index (χ2n) is 3.84. The number of nitrogens with one attached hydrogen (secondary N) is 1. The van der Waals surface area contributed by atoms with Crippen LogP contribution in [0.3, 0.4) is 0 Å². The minimum absolute atomic E-state index is 0.137. The first kappa shape index (κ1) is 11.6. The van der Waals surface area contributed by atoms with Gasteiger partial charge in [0.05, 0.1) is 0 Å². The quantitative estimate of drug-likeness (QED) is 0.912. The van der Waals surface area contributed by atoms with Crippen LogP contribution in [0.1, 0.15) is 16.5 Å². The van der Waals surface area contributed by atoms with Crippen LogP contribution in [0.4, 0.5) is 0 Å². The zero-order chi connectivity index (χ0) is 12.4. The van der Waals surface area contributed by atoms with Gasteiger partial charge in [0.15, 0.2) is 0 Å². The van der Waals surface area contributed by atoms with Crippen LogP contribution in [-0.2, 0) is 0 Å². The van der Waals surface area contributed by atoms with E-state index in [0.717, 1.165) is 21.2 Å². The summed E-state index contributed by atoms with van der Waals surface area (Å²) < 4.78 is 0. The summed E-state index contributed by atoms with van der Waals surface area (Å²) in [5.41, 5.74) is 5.31. The monoisotopic (exact) mass is 275 g/mol. The van der Waals surface area contributed by atoms with Crippen LogP contribution < -0.4 is 5.43 Å². The lowest BCUT2D eigenvalue weighted by molar-refractivity contribution is 0.744. The molecule has 0 bridgehead atoms. The van der Waals surface area contributed by atoms with Crippen molar-refractivity contribution in [3.8, 4) is 0 Å². The van der Waals surface area contributed by atoms with E-state index >= 15 is 0 Å². The molecule has 1 aliphatic rings. The van der Waals surface area contributed by atoms with Crippen LogP contribution in [-0.4, -0.2) is 10.0 Å². The molecule has 1 N–H and O–H groups in total. The molecule has 0 amide bonds. The van der Waals surface area contributed by atoms with Crippen molar-refractivity contribution in [2.75, 3.05) is 0 Å². The molecule has 1 aromatic heterocycles. The summed E-state index contributed by atoms with van der Waals surface area (Å²) in [4.78, 5) is 4.10. The lowest BCUT2D eigenvalue weighted by Gasteiger charge is -2.09. The third-order valence-electron chi connectivity index (χ3n) is 2.59. The van der Waals surface area contributed by atoms with E-state index in [4.69, 9.17) is 11.6 Å². The van der Waals surface area contributed by atoms with Gasteiger partial charge in [-0.15, -0.1) is 0 Å². The molecule has 1 atom stereocenters. The van der Waals surface area contributed by atoms with Gasteiger partial charge in [0, 0.05) is 23.0 Å². The third kappa shape index (κ3) is 2.35. The molecule has 18 heavy (non-hydrogen) atoms. The molecule has 0 spiro atoms. The number of hydrogen-bond acceptors (Lipinski definition) is 4. The van der Waals surface area contributed by atoms with Gasteiger partial charge in [-0.3, -0.25) is 10.4 Å². The Hall–Kier alpha value is -1.52. The highest BCUT2D eigenvalue weighted by molar-refractivity contribution is 8.14. The Kier molecular flexibility index (Phi) is 3.21. The summed E-state index contributed by atoms with van der Waals surface area (Å²) in [6.45, 7) is 0. The van der Waals surface area contributed by atoms with Crippen LogP contribution in [0.2, 0.25) is 5.02 Å². The van der Waals surface area contributed by atoms with E-state index in [2.05, 4.69) is 15.5 Å². The van der Waals surface area contributed by atoms with E-state index in [0.29, 0.717) is 0 Å². The minimum atomic E-state index is 0.137. The van der Waals surface area contributed by atoms with Gasteiger partial charge in [-0.05, 0) is 29.8 Å². The fourth-order valence-corrected chi connectivity index (χ4v) is 2.79. The Morgan fingerprint density at radius 2 is 2.00 bits per heavy atom. The Morgan fingerprint density at radius 3 is 2.72 bits per heavy atom. The van der Waals surface area contributed by atoms with Gasteiger partial charge in [0.25, 0.3) is 0 Å². The standard InChI is InChI=1S/C13H10ClN3S/c14-11-5-3-9(4-6-11)12-16-17-13(18-12)10-2-1-7-15-8-10/h1-8,12,16H. The summed E-state index contributed by atoms with van der Waals surface area (Å²) in [6, 6.07) is 11.7. The van der Waals surface area contributed by atoms with E-state index < -0.39 is 0 Å². The van der Waals surface area contributed by atoms with Gasteiger partial charge in [0.2, 0.25) is 0 Å². The predicted molar refractivity (Wildman–Crippen MR) is 75.7 cm³/mol. The normalized spacial score (nSPS) is 18.3. The molecule has 2 aromatic rings. The van der Waals surface area contributed by atoms with Crippen LogP contribution >= 0.6 is 23.4 Å². The summed E-state index contributed by atoms with van der Waals surface area (Å²) >= 11 is 7.56. The fraction of sp³-hybridized carbons (Fsp3) is 0.0769. The highest BCUT2D eigenvalue weighted by Gasteiger charge is 2.21.